The summed E-state index contributed by atoms with van der Waals surface area (Å²) in [5, 5.41) is 0. The molecule has 5 heteroatoms. The van der Waals surface area contributed by atoms with Gasteiger partial charge in [0.25, 0.3) is 0 Å². The molecule has 0 fully saturated rings. The van der Waals surface area contributed by atoms with Gasteiger partial charge in [-0.1, -0.05) is 0 Å². The van der Waals surface area contributed by atoms with E-state index in [-0.39, 0.29) is 0 Å². The Labute approximate surface area is 109 Å². The van der Waals surface area contributed by atoms with Crippen LogP contribution in [-0.4, -0.2) is 0 Å². The molecule has 0 aromatic heterocycles. The first-order chi connectivity index (χ1) is 7.00. The van der Waals surface area contributed by atoms with Gasteiger partial charge in [-0.05, 0) is 0 Å². The minimum absolute atomic E-state index is 2.00. The fraction of sp³-hybridized carbons (Fsp3) is 0. The molecular formula is C10H10Cl4Mo-2. The quantitative estimate of drug-likeness (QED) is 0.422. The van der Waals surface area contributed by atoms with Gasteiger partial charge in [0.15, 0.2) is 0 Å². The second kappa shape index (κ2) is 9.75. The van der Waals surface area contributed by atoms with Gasteiger partial charge >= 0.3 is 49.6 Å². The average molecular weight is 368 g/mol. The largest absolute Gasteiger partial charge is 0.214 e. The van der Waals surface area contributed by atoms with Crippen LogP contribution in [0.5, 0.6) is 0 Å². The van der Waals surface area contributed by atoms with Crippen LogP contribution in [0.4, 0.5) is 0 Å². The SMILES string of the molecule is [Cl][Mo]([Cl])([Cl])[Cl].c1cc[cH-]c1.c1cc[cH-]c1. The zero-order valence-electron chi connectivity index (χ0n) is 7.69. The van der Waals surface area contributed by atoms with Crippen molar-refractivity contribution in [3.8, 4) is 0 Å². The van der Waals surface area contributed by atoms with Crippen molar-refractivity contribution in [1.82, 2.24) is 0 Å². The summed E-state index contributed by atoms with van der Waals surface area (Å²) in [6.45, 7) is 0. The molecular weight excluding hydrogens is 358 g/mol. The molecule has 2 aromatic carbocycles. The predicted molar refractivity (Wildman–Crippen MR) is 67.5 cm³/mol. The monoisotopic (exact) mass is 368 g/mol. The van der Waals surface area contributed by atoms with Crippen LogP contribution in [0.25, 0.3) is 0 Å². The Kier molecular flexibility index (Phi) is 10.1. The summed E-state index contributed by atoms with van der Waals surface area (Å²) in [6, 6.07) is 20.0. The van der Waals surface area contributed by atoms with Crippen molar-refractivity contribution in [3.05, 3.63) is 60.7 Å². The molecule has 0 aliphatic rings. The van der Waals surface area contributed by atoms with E-state index < -0.39 is 11.9 Å². The van der Waals surface area contributed by atoms with Crippen molar-refractivity contribution in [2.24, 2.45) is 0 Å². The maximum atomic E-state index is 5.02. The molecule has 0 amide bonds. The summed E-state index contributed by atoms with van der Waals surface area (Å²) in [7, 11) is 20.1. The summed E-state index contributed by atoms with van der Waals surface area (Å²) in [5.41, 5.74) is 0. The van der Waals surface area contributed by atoms with E-state index in [0.29, 0.717) is 0 Å². The molecule has 0 bridgehead atoms. The van der Waals surface area contributed by atoms with Crippen molar-refractivity contribution in [2.75, 3.05) is 0 Å². The van der Waals surface area contributed by atoms with Gasteiger partial charge in [-0.15, -0.1) is 0 Å². The third-order valence-electron chi connectivity index (χ3n) is 1.11. The maximum absolute atomic E-state index is 5.02. The summed E-state index contributed by atoms with van der Waals surface area (Å²) in [5.74, 6) is 0. The van der Waals surface area contributed by atoms with E-state index in [9.17, 15) is 0 Å². The van der Waals surface area contributed by atoms with Crippen molar-refractivity contribution < 1.29 is 11.9 Å². The molecule has 0 nitrogen and oxygen atoms in total. The van der Waals surface area contributed by atoms with Gasteiger partial charge < -0.3 is 0 Å². The minimum Gasteiger partial charge on any atom is -0.214 e. The molecule has 0 heterocycles. The Hall–Kier alpha value is 0.548. The maximum Gasteiger partial charge on any atom is -0.172 e. The van der Waals surface area contributed by atoms with Crippen LogP contribution in [0.1, 0.15) is 0 Å². The van der Waals surface area contributed by atoms with E-state index in [1.54, 1.807) is 0 Å². The van der Waals surface area contributed by atoms with E-state index in [2.05, 4.69) is 0 Å². The molecule has 0 aliphatic heterocycles. The topological polar surface area (TPSA) is 0 Å². The van der Waals surface area contributed by atoms with Gasteiger partial charge in [-0.3, -0.25) is 0 Å². The van der Waals surface area contributed by atoms with Crippen LogP contribution in [0.3, 0.4) is 0 Å². The predicted octanol–water partition coefficient (Wildman–Crippen LogP) is 5.57. The van der Waals surface area contributed by atoms with Gasteiger partial charge in [-0.25, -0.2) is 24.3 Å². The van der Waals surface area contributed by atoms with Gasteiger partial charge in [0.1, 0.15) is 0 Å². The molecule has 0 spiro atoms. The van der Waals surface area contributed by atoms with Crippen LogP contribution >= 0.6 is 37.7 Å². The first-order valence-electron chi connectivity index (χ1n) is 3.95. The molecule has 0 saturated heterocycles. The molecule has 86 valence electrons. The number of rotatable bonds is 0. The molecule has 0 saturated carbocycles. The van der Waals surface area contributed by atoms with Crippen LogP contribution < -0.4 is 0 Å². The van der Waals surface area contributed by atoms with Crippen LogP contribution in [0, 0.1) is 0 Å². The van der Waals surface area contributed by atoms with E-state index >= 15 is 0 Å². The fourth-order valence-corrected chi connectivity index (χ4v) is 0.642. The van der Waals surface area contributed by atoms with Gasteiger partial charge in [0.2, 0.25) is 0 Å². The van der Waals surface area contributed by atoms with Crippen LogP contribution in [-0.2, 0) is 11.9 Å². The molecule has 2 aromatic rings. The van der Waals surface area contributed by atoms with Crippen LogP contribution in [0.15, 0.2) is 60.7 Å². The molecule has 2 rings (SSSR count). The number of hydrogen-bond acceptors (Lipinski definition) is 0. The molecule has 0 unspecified atom stereocenters. The van der Waals surface area contributed by atoms with E-state index in [1.165, 1.54) is 0 Å². The molecule has 0 atom stereocenters. The zero-order valence-corrected chi connectivity index (χ0v) is 12.7. The van der Waals surface area contributed by atoms with Crippen molar-refractivity contribution in [2.45, 2.75) is 0 Å². The normalized spacial score (nSPS) is 10.4. The second-order valence-electron chi connectivity index (χ2n) is 2.27. The molecule has 0 aliphatic carbocycles. The number of hydrogen-bond donors (Lipinski definition) is 0. The van der Waals surface area contributed by atoms with Crippen LogP contribution in [0.2, 0.25) is 0 Å². The Morgan fingerprint density at radius 1 is 0.600 bits per heavy atom. The third kappa shape index (κ3) is 20.6. The first kappa shape index (κ1) is 15.5. The first-order valence-corrected chi connectivity index (χ1v) is 14.3. The van der Waals surface area contributed by atoms with Crippen molar-refractivity contribution in [3.63, 3.8) is 0 Å². The molecule has 15 heavy (non-hydrogen) atoms. The van der Waals surface area contributed by atoms with E-state index in [4.69, 9.17) is 37.7 Å². The Bertz CT molecular complexity index is 217. The van der Waals surface area contributed by atoms with Crippen molar-refractivity contribution >= 4 is 37.7 Å². The third-order valence-corrected chi connectivity index (χ3v) is 1.11. The summed E-state index contributed by atoms with van der Waals surface area (Å²) in [4.78, 5) is 0. The summed E-state index contributed by atoms with van der Waals surface area (Å²) >= 11 is -3.13. The van der Waals surface area contributed by atoms with Gasteiger partial charge in [-0.2, -0.15) is 36.4 Å². The summed E-state index contributed by atoms with van der Waals surface area (Å²) in [6.07, 6.45) is 0. The minimum atomic E-state index is -3.13. The fourth-order valence-electron chi connectivity index (χ4n) is 0.642. The van der Waals surface area contributed by atoms with E-state index in [0.717, 1.165) is 0 Å². The van der Waals surface area contributed by atoms with Gasteiger partial charge in [0, 0.05) is 0 Å². The zero-order chi connectivity index (χ0) is 11.6. The second-order valence-corrected chi connectivity index (χ2v) is 20.6. The van der Waals surface area contributed by atoms with Gasteiger partial charge in [0.05, 0.1) is 0 Å². The van der Waals surface area contributed by atoms with E-state index in [1.807, 2.05) is 60.7 Å². The Morgan fingerprint density at radius 2 is 0.800 bits per heavy atom. The summed E-state index contributed by atoms with van der Waals surface area (Å²) < 4.78 is 0. The average Bonchev–Trinajstić information content (AvgIpc) is 2.81. The smallest absolute Gasteiger partial charge is 0.172 e. The van der Waals surface area contributed by atoms with Crippen molar-refractivity contribution in [1.29, 1.82) is 0 Å². The standard InChI is InChI=1S/2C5H5.4ClH.Mo/c2*1-2-4-5-3-1;;;;;/h2*1-5H;4*1H;/q2*-1;;;;;+4/p-4. The Morgan fingerprint density at radius 3 is 0.867 bits per heavy atom. The number of halogens is 4. The molecule has 0 radical (unpaired) electrons. The molecule has 0 N–H and O–H groups in total. The Balaban J connectivity index is 0.000000196.